The predicted molar refractivity (Wildman–Crippen MR) is 83.7 cm³/mol. The fraction of sp³-hybridized carbons (Fsp3) is 0.214. The van der Waals surface area contributed by atoms with Gasteiger partial charge in [0.1, 0.15) is 10.6 Å². The number of halogens is 1. The Bertz CT molecular complexity index is 748. The summed E-state index contributed by atoms with van der Waals surface area (Å²) in [5.74, 6) is 0.295. The Morgan fingerprint density at radius 3 is 2.76 bits per heavy atom. The van der Waals surface area contributed by atoms with Crippen LogP contribution in [-0.2, 0) is 16.6 Å². The zero-order valence-corrected chi connectivity index (χ0v) is 14.0. The van der Waals surface area contributed by atoms with Crippen molar-refractivity contribution in [1.82, 2.24) is 9.71 Å². The van der Waals surface area contributed by atoms with Crippen LogP contribution >= 0.6 is 15.9 Å². The summed E-state index contributed by atoms with van der Waals surface area (Å²) in [5.41, 5.74) is 1.62. The van der Waals surface area contributed by atoms with E-state index in [-0.39, 0.29) is 11.4 Å². The second-order valence-electron chi connectivity index (χ2n) is 4.39. The van der Waals surface area contributed by atoms with Crippen LogP contribution in [0.4, 0.5) is 0 Å². The van der Waals surface area contributed by atoms with Gasteiger partial charge in [0, 0.05) is 10.7 Å². The van der Waals surface area contributed by atoms with Gasteiger partial charge in [-0.2, -0.15) is 0 Å². The smallest absolute Gasteiger partial charge is 0.244 e. The minimum atomic E-state index is -3.69. The first kappa shape index (κ1) is 15.9. The summed E-state index contributed by atoms with van der Waals surface area (Å²) in [6, 6.07) is 8.53. The number of methoxy groups -OCH3 is 1. The number of ether oxygens (including phenoxy) is 1. The number of aryl methyl sites for hydroxylation is 1. The van der Waals surface area contributed by atoms with Gasteiger partial charge in [0.2, 0.25) is 10.0 Å². The van der Waals surface area contributed by atoms with Gasteiger partial charge in [0.05, 0.1) is 19.3 Å². The molecule has 2 rings (SSSR count). The maximum Gasteiger partial charge on any atom is 0.244 e. The second kappa shape index (κ2) is 6.55. The van der Waals surface area contributed by atoms with E-state index >= 15 is 0 Å². The summed E-state index contributed by atoms with van der Waals surface area (Å²) in [5, 5.41) is 0. The molecule has 112 valence electrons. The van der Waals surface area contributed by atoms with E-state index in [1.807, 2.05) is 19.1 Å². The van der Waals surface area contributed by atoms with Crippen LogP contribution in [0.25, 0.3) is 0 Å². The Kier molecular flexibility index (Phi) is 4.97. The lowest BCUT2D eigenvalue weighted by molar-refractivity contribution is 0.402. The lowest BCUT2D eigenvalue weighted by atomic mass is 10.2. The molecule has 0 spiro atoms. The molecule has 7 heteroatoms. The zero-order valence-electron chi connectivity index (χ0n) is 11.6. The van der Waals surface area contributed by atoms with E-state index in [0.717, 1.165) is 5.56 Å². The Hall–Kier alpha value is -1.44. The molecule has 1 N–H and O–H groups in total. The van der Waals surface area contributed by atoms with Crippen molar-refractivity contribution in [1.29, 1.82) is 0 Å². The number of benzene rings is 1. The van der Waals surface area contributed by atoms with Gasteiger partial charge in [-0.25, -0.2) is 13.1 Å². The van der Waals surface area contributed by atoms with Crippen LogP contribution < -0.4 is 9.46 Å². The van der Waals surface area contributed by atoms with Crippen LogP contribution in [0.2, 0.25) is 0 Å². The molecule has 0 aliphatic carbocycles. The van der Waals surface area contributed by atoms with Gasteiger partial charge in [0.25, 0.3) is 0 Å². The average Bonchev–Trinajstić information content (AvgIpc) is 2.46. The van der Waals surface area contributed by atoms with Crippen molar-refractivity contribution < 1.29 is 13.2 Å². The maximum atomic E-state index is 12.4. The van der Waals surface area contributed by atoms with Crippen LogP contribution in [0.3, 0.4) is 0 Å². The molecule has 5 nitrogen and oxygen atoms in total. The fourth-order valence-corrected chi connectivity index (χ4v) is 3.50. The van der Waals surface area contributed by atoms with Crippen LogP contribution in [0.5, 0.6) is 5.75 Å². The highest BCUT2D eigenvalue weighted by Gasteiger charge is 2.20. The summed E-state index contributed by atoms with van der Waals surface area (Å²) in [4.78, 5) is 4.26. The van der Waals surface area contributed by atoms with Gasteiger partial charge >= 0.3 is 0 Å². The lowest BCUT2D eigenvalue weighted by Crippen LogP contribution is -2.24. The summed E-state index contributed by atoms with van der Waals surface area (Å²) in [6.45, 7) is 2.01. The third-order valence-corrected chi connectivity index (χ3v) is 4.88. The fourth-order valence-electron chi connectivity index (χ4n) is 1.81. The van der Waals surface area contributed by atoms with Crippen molar-refractivity contribution in [3.05, 3.63) is 52.3 Å². The maximum absolute atomic E-state index is 12.4. The van der Waals surface area contributed by atoms with Gasteiger partial charge in [-0.05, 0) is 36.8 Å². The van der Waals surface area contributed by atoms with E-state index in [9.17, 15) is 8.42 Å². The van der Waals surface area contributed by atoms with Crippen molar-refractivity contribution in [2.24, 2.45) is 0 Å². The first-order chi connectivity index (χ1) is 9.94. The van der Waals surface area contributed by atoms with Gasteiger partial charge in [-0.1, -0.05) is 22.0 Å². The molecule has 0 aliphatic heterocycles. The Morgan fingerprint density at radius 1 is 1.33 bits per heavy atom. The first-order valence-electron chi connectivity index (χ1n) is 6.18. The molecule has 0 atom stereocenters. The van der Waals surface area contributed by atoms with E-state index in [1.165, 1.54) is 13.2 Å². The molecule has 0 aliphatic rings. The van der Waals surface area contributed by atoms with Crippen LogP contribution in [-0.4, -0.2) is 20.5 Å². The third kappa shape index (κ3) is 3.81. The van der Waals surface area contributed by atoms with E-state index in [0.29, 0.717) is 15.9 Å². The molecule has 2 aromatic rings. The van der Waals surface area contributed by atoms with Crippen LogP contribution in [0.1, 0.15) is 11.3 Å². The molecule has 1 heterocycles. The van der Waals surface area contributed by atoms with Crippen molar-refractivity contribution in [3.8, 4) is 5.75 Å². The summed E-state index contributed by atoms with van der Waals surface area (Å²) in [7, 11) is -2.25. The molecule has 0 bridgehead atoms. The Morgan fingerprint density at radius 2 is 2.10 bits per heavy atom. The van der Waals surface area contributed by atoms with Crippen LogP contribution in [0.15, 0.2) is 45.9 Å². The van der Waals surface area contributed by atoms with Gasteiger partial charge < -0.3 is 4.74 Å². The number of sulfonamides is 1. The topological polar surface area (TPSA) is 68.3 Å². The summed E-state index contributed by atoms with van der Waals surface area (Å²) < 4.78 is 33.1. The van der Waals surface area contributed by atoms with E-state index in [1.54, 1.807) is 18.3 Å². The molecule has 0 saturated carbocycles. The number of aromatic nitrogens is 1. The van der Waals surface area contributed by atoms with Gasteiger partial charge in [-0.3, -0.25) is 4.98 Å². The zero-order chi connectivity index (χ0) is 15.5. The van der Waals surface area contributed by atoms with E-state index in [2.05, 4.69) is 25.6 Å². The van der Waals surface area contributed by atoms with Crippen molar-refractivity contribution in [2.45, 2.75) is 18.4 Å². The van der Waals surface area contributed by atoms with Crippen molar-refractivity contribution >= 4 is 26.0 Å². The number of nitrogens with one attached hydrogen (secondary N) is 1. The average molecular weight is 371 g/mol. The molecule has 1 aromatic heterocycles. The molecule has 0 amide bonds. The number of pyridine rings is 1. The molecule has 0 saturated heterocycles. The van der Waals surface area contributed by atoms with Crippen molar-refractivity contribution in [3.63, 3.8) is 0 Å². The number of nitrogens with zero attached hydrogens (tertiary/aromatic N) is 1. The highest BCUT2D eigenvalue weighted by molar-refractivity contribution is 9.10. The minimum absolute atomic E-state index is 0.0907. The van der Waals surface area contributed by atoms with Crippen LogP contribution in [0, 0.1) is 6.92 Å². The minimum Gasteiger partial charge on any atom is -0.495 e. The normalized spacial score (nSPS) is 11.4. The standard InChI is InChI=1S/C14H15BrN2O3S/c1-10-4-3-7-16-12(10)9-17-21(18,19)14-8-11(15)5-6-13(14)20-2/h3-8,17H,9H2,1-2H3. The summed E-state index contributed by atoms with van der Waals surface area (Å²) >= 11 is 3.27. The molecular weight excluding hydrogens is 356 g/mol. The molecule has 0 radical (unpaired) electrons. The largest absolute Gasteiger partial charge is 0.495 e. The first-order valence-corrected chi connectivity index (χ1v) is 8.45. The quantitative estimate of drug-likeness (QED) is 0.878. The molecule has 0 unspecified atom stereocenters. The van der Waals surface area contributed by atoms with E-state index < -0.39 is 10.0 Å². The number of rotatable bonds is 5. The second-order valence-corrected chi connectivity index (χ2v) is 7.04. The van der Waals surface area contributed by atoms with Crippen molar-refractivity contribution in [2.75, 3.05) is 7.11 Å². The monoisotopic (exact) mass is 370 g/mol. The molecule has 21 heavy (non-hydrogen) atoms. The molecule has 0 fully saturated rings. The SMILES string of the molecule is COc1ccc(Br)cc1S(=O)(=O)NCc1ncccc1C. The highest BCUT2D eigenvalue weighted by Crippen LogP contribution is 2.27. The Balaban J connectivity index is 2.27. The Labute approximate surface area is 132 Å². The molecular formula is C14H15BrN2O3S. The van der Waals surface area contributed by atoms with Gasteiger partial charge in [0.15, 0.2) is 0 Å². The third-order valence-electron chi connectivity index (χ3n) is 2.96. The lowest BCUT2D eigenvalue weighted by Gasteiger charge is -2.11. The summed E-state index contributed by atoms with van der Waals surface area (Å²) in [6.07, 6.45) is 1.64. The van der Waals surface area contributed by atoms with Gasteiger partial charge in [-0.15, -0.1) is 0 Å². The molecule has 1 aromatic carbocycles. The highest BCUT2D eigenvalue weighted by atomic mass is 79.9. The number of hydrogen-bond acceptors (Lipinski definition) is 4. The number of hydrogen-bond donors (Lipinski definition) is 1. The van der Waals surface area contributed by atoms with E-state index in [4.69, 9.17) is 4.74 Å². The predicted octanol–water partition coefficient (Wildman–Crippen LogP) is 2.64.